The van der Waals surface area contributed by atoms with Crippen LogP contribution in [0.2, 0.25) is 0 Å². The third kappa shape index (κ3) is 1.51. The lowest BCUT2D eigenvalue weighted by atomic mass is 10.1. The maximum atomic E-state index is 5.25. The molecule has 0 amide bonds. The van der Waals surface area contributed by atoms with Gasteiger partial charge in [-0.25, -0.2) is 4.99 Å². The van der Waals surface area contributed by atoms with Gasteiger partial charge in [0.15, 0.2) is 5.96 Å². The number of benzene rings is 1. The molecular formula is C9H10N4. The molecule has 4 N–H and O–H groups in total. The first-order chi connectivity index (χ1) is 6.25. The van der Waals surface area contributed by atoms with Crippen LogP contribution in [0.4, 0.5) is 5.69 Å². The predicted molar refractivity (Wildman–Crippen MR) is 53.1 cm³/mol. The van der Waals surface area contributed by atoms with E-state index in [0.717, 1.165) is 5.69 Å². The van der Waals surface area contributed by atoms with Crippen LogP contribution >= 0.6 is 0 Å². The SMILES string of the molecule is NC(N)=NC1=Nc2ccccc2C1. The van der Waals surface area contributed by atoms with Gasteiger partial charge in [-0.1, -0.05) is 18.2 Å². The summed E-state index contributed by atoms with van der Waals surface area (Å²) in [5.74, 6) is 0.743. The Morgan fingerprint density at radius 2 is 2.08 bits per heavy atom. The number of aliphatic imine (C=N–C) groups is 2. The van der Waals surface area contributed by atoms with Crippen molar-refractivity contribution in [1.82, 2.24) is 0 Å². The first-order valence-corrected chi connectivity index (χ1v) is 4.01. The Morgan fingerprint density at radius 1 is 1.31 bits per heavy atom. The van der Waals surface area contributed by atoms with Crippen molar-refractivity contribution in [3.05, 3.63) is 29.8 Å². The average molecular weight is 174 g/mol. The minimum Gasteiger partial charge on any atom is -0.370 e. The quantitative estimate of drug-likeness (QED) is 0.445. The summed E-state index contributed by atoms with van der Waals surface area (Å²) in [7, 11) is 0. The van der Waals surface area contributed by atoms with Gasteiger partial charge in [0.25, 0.3) is 0 Å². The molecule has 0 fully saturated rings. The molecule has 1 aliphatic heterocycles. The number of amidine groups is 1. The summed E-state index contributed by atoms with van der Waals surface area (Å²) < 4.78 is 0. The van der Waals surface area contributed by atoms with Gasteiger partial charge in [0, 0.05) is 6.42 Å². The van der Waals surface area contributed by atoms with E-state index in [1.807, 2.05) is 24.3 Å². The first kappa shape index (κ1) is 7.79. The maximum Gasteiger partial charge on any atom is 0.192 e. The van der Waals surface area contributed by atoms with E-state index in [4.69, 9.17) is 11.5 Å². The van der Waals surface area contributed by atoms with Gasteiger partial charge in [-0.3, -0.25) is 0 Å². The molecule has 66 valence electrons. The molecule has 0 radical (unpaired) electrons. The lowest BCUT2D eigenvalue weighted by molar-refractivity contribution is 1.35. The van der Waals surface area contributed by atoms with Crippen molar-refractivity contribution >= 4 is 17.5 Å². The Bertz CT molecular complexity index is 388. The summed E-state index contributed by atoms with van der Waals surface area (Å²) in [6.45, 7) is 0. The molecule has 0 aromatic heterocycles. The Morgan fingerprint density at radius 3 is 2.77 bits per heavy atom. The van der Waals surface area contributed by atoms with Crippen LogP contribution in [0.3, 0.4) is 0 Å². The smallest absolute Gasteiger partial charge is 0.192 e. The number of guanidine groups is 1. The lowest BCUT2D eigenvalue weighted by Crippen LogP contribution is -2.24. The molecule has 1 heterocycles. The molecule has 4 heteroatoms. The highest BCUT2D eigenvalue weighted by atomic mass is 15.0. The van der Waals surface area contributed by atoms with Crippen LogP contribution in [-0.4, -0.2) is 11.8 Å². The predicted octanol–water partition coefficient (Wildman–Crippen LogP) is 0.546. The van der Waals surface area contributed by atoms with E-state index in [1.165, 1.54) is 5.56 Å². The molecule has 1 aliphatic rings. The van der Waals surface area contributed by atoms with Gasteiger partial charge in [-0.15, -0.1) is 0 Å². The zero-order valence-electron chi connectivity index (χ0n) is 7.07. The van der Waals surface area contributed by atoms with E-state index in [1.54, 1.807) is 0 Å². The minimum absolute atomic E-state index is 0.0616. The van der Waals surface area contributed by atoms with Crippen LogP contribution in [-0.2, 0) is 6.42 Å². The van der Waals surface area contributed by atoms with Crippen LogP contribution in [0.25, 0.3) is 0 Å². The number of nitrogens with zero attached hydrogens (tertiary/aromatic N) is 2. The molecule has 0 atom stereocenters. The number of rotatable bonds is 0. The Labute approximate surface area is 76.0 Å². The topological polar surface area (TPSA) is 76.8 Å². The zero-order valence-corrected chi connectivity index (χ0v) is 7.07. The molecule has 0 saturated heterocycles. The molecule has 4 nitrogen and oxygen atoms in total. The van der Waals surface area contributed by atoms with Crippen LogP contribution in [0, 0.1) is 0 Å². The van der Waals surface area contributed by atoms with Crippen molar-refractivity contribution in [3.8, 4) is 0 Å². The minimum atomic E-state index is 0.0616. The normalized spacial score (nSPS) is 13.4. The van der Waals surface area contributed by atoms with Crippen molar-refractivity contribution in [2.24, 2.45) is 21.5 Å². The monoisotopic (exact) mass is 174 g/mol. The van der Waals surface area contributed by atoms with Crippen LogP contribution in [0.15, 0.2) is 34.3 Å². The first-order valence-electron chi connectivity index (χ1n) is 4.01. The summed E-state index contributed by atoms with van der Waals surface area (Å²) in [6, 6.07) is 7.90. The van der Waals surface area contributed by atoms with Gasteiger partial charge in [0.05, 0.1) is 5.69 Å². The molecule has 0 aliphatic carbocycles. The van der Waals surface area contributed by atoms with E-state index in [0.29, 0.717) is 12.3 Å². The van der Waals surface area contributed by atoms with Gasteiger partial charge in [-0.05, 0) is 11.6 Å². The molecule has 0 unspecified atom stereocenters. The van der Waals surface area contributed by atoms with E-state index < -0.39 is 0 Å². The molecule has 2 rings (SSSR count). The summed E-state index contributed by atoms with van der Waals surface area (Å²) >= 11 is 0. The molecule has 0 spiro atoms. The summed E-state index contributed by atoms with van der Waals surface area (Å²) in [5, 5.41) is 0. The van der Waals surface area contributed by atoms with Gasteiger partial charge >= 0.3 is 0 Å². The number of fused-ring (bicyclic) bond motifs is 1. The van der Waals surface area contributed by atoms with Crippen LogP contribution < -0.4 is 11.5 Å². The second-order valence-electron chi connectivity index (χ2n) is 2.87. The summed E-state index contributed by atoms with van der Waals surface area (Å²) in [5.41, 5.74) is 12.6. The van der Waals surface area contributed by atoms with Gasteiger partial charge < -0.3 is 11.5 Å². The summed E-state index contributed by atoms with van der Waals surface area (Å²) in [6.07, 6.45) is 0.716. The third-order valence-corrected chi connectivity index (χ3v) is 1.85. The number of hydrogen-bond acceptors (Lipinski definition) is 2. The van der Waals surface area contributed by atoms with E-state index >= 15 is 0 Å². The van der Waals surface area contributed by atoms with Gasteiger partial charge in [0.2, 0.25) is 0 Å². The molecule has 1 aromatic rings. The van der Waals surface area contributed by atoms with Gasteiger partial charge in [-0.2, -0.15) is 4.99 Å². The Balaban J connectivity index is 2.31. The van der Waals surface area contributed by atoms with Crippen molar-refractivity contribution in [2.45, 2.75) is 6.42 Å². The Kier molecular flexibility index (Phi) is 1.73. The highest BCUT2D eigenvalue weighted by Gasteiger charge is 2.12. The highest BCUT2D eigenvalue weighted by molar-refractivity contribution is 5.99. The van der Waals surface area contributed by atoms with E-state index in [9.17, 15) is 0 Å². The molecule has 0 saturated carbocycles. The third-order valence-electron chi connectivity index (χ3n) is 1.85. The molecule has 1 aromatic carbocycles. The van der Waals surface area contributed by atoms with Crippen LogP contribution in [0.1, 0.15) is 5.56 Å². The standard InChI is InChI=1S/C9H10N4/c10-9(11)13-8-5-6-3-1-2-4-7(6)12-8/h1-4H,5H2,(H4,10,11,12,13). The molecular weight excluding hydrogens is 164 g/mol. The fraction of sp³-hybridized carbons (Fsp3) is 0.111. The second kappa shape index (κ2) is 2.90. The number of hydrogen-bond donors (Lipinski definition) is 2. The van der Waals surface area contributed by atoms with Crippen molar-refractivity contribution in [3.63, 3.8) is 0 Å². The number of para-hydroxylation sites is 1. The fourth-order valence-electron chi connectivity index (χ4n) is 1.33. The molecule has 0 bridgehead atoms. The van der Waals surface area contributed by atoms with Crippen molar-refractivity contribution in [2.75, 3.05) is 0 Å². The zero-order chi connectivity index (χ0) is 9.26. The maximum absolute atomic E-state index is 5.25. The highest BCUT2D eigenvalue weighted by Crippen LogP contribution is 2.25. The number of nitrogens with two attached hydrogens (primary N) is 2. The summed E-state index contributed by atoms with van der Waals surface area (Å²) in [4.78, 5) is 8.17. The largest absolute Gasteiger partial charge is 0.370 e. The fourth-order valence-corrected chi connectivity index (χ4v) is 1.33. The van der Waals surface area contributed by atoms with E-state index in [-0.39, 0.29) is 5.96 Å². The average Bonchev–Trinajstić information content (AvgIpc) is 2.44. The van der Waals surface area contributed by atoms with Gasteiger partial charge in [0.1, 0.15) is 5.84 Å². The van der Waals surface area contributed by atoms with Crippen LogP contribution in [0.5, 0.6) is 0 Å². The lowest BCUT2D eigenvalue weighted by Gasteiger charge is -1.92. The second-order valence-corrected chi connectivity index (χ2v) is 2.87. The van der Waals surface area contributed by atoms with Crippen molar-refractivity contribution < 1.29 is 0 Å². The van der Waals surface area contributed by atoms with E-state index in [2.05, 4.69) is 9.98 Å². The Hall–Kier alpha value is -1.84. The molecule has 13 heavy (non-hydrogen) atoms. The van der Waals surface area contributed by atoms with Crippen molar-refractivity contribution in [1.29, 1.82) is 0 Å².